The van der Waals surface area contributed by atoms with Gasteiger partial charge in [-0.05, 0) is 12.1 Å². The van der Waals surface area contributed by atoms with Gasteiger partial charge in [0, 0.05) is 17.3 Å². The van der Waals surface area contributed by atoms with Crippen molar-refractivity contribution in [3.05, 3.63) is 58.0 Å². The van der Waals surface area contributed by atoms with Gasteiger partial charge in [0.2, 0.25) is 0 Å². The third kappa shape index (κ3) is 2.50. The van der Waals surface area contributed by atoms with Gasteiger partial charge in [-0.3, -0.25) is 0 Å². The molecule has 0 aliphatic rings. The Kier molecular flexibility index (Phi) is 3.64. The number of hydrogen-bond acceptors (Lipinski definition) is 3. The summed E-state index contributed by atoms with van der Waals surface area (Å²) in [5.74, 6) is -4.18. The number of anilines is 1. The Hall–Kier alpha value is -1.79. The van der Waals surface area contributed by atoms with Gasteiger partial charge in [0.25, 0.3) is 0 Å². The van der Waals surface area contributed by atoms with Crippen LogP contribution >= 0.6 is 11.6 Å². The van der Waals surface area contributed by atoms with Crippen LogP contribution in [0.3, 0.4) is 0 Å². The molecule has 0 radical (unpaired) electrons. The van der Waals surface area contributed by atoms with Crippen LogP contribution in [0.4, 0.5) is 19.0 Å². The lowest BCUT2D eigenvalue weighted by Crippen LogP contribution is -2.17. The summed E-state index contributed by atoms with van der Waals surface area (Å²) in [4.78, 5) is 3.77. The molecule has 19 heavy (non-hydrogen) atoms. The Labute approximate surface area is 112 Å². The van der Waals surface area contributed by atoms with Gasteiger partial charge < -0.3 is 11.5 Å². The Bertz CT molecular complexity index is 634. The summed E-state index contributed by atoms with van der Waals surface area (Å²) in [6, 6.07) is 2.15. The molecular weight excluding hydrogens is 279 g/mol. The van der Waals surface area contributed by atoms with Crippen molar-refractivity contribution < 1.29 is 13.2 Å². The van der Waals surface area contributed by atoms with Crippen LogP contribution in [0, 0.1) is 17.5 Å². The second-order valence-electron chi connectivity index (χ2n) is 3.87. The van der Waals surface area contributed by atoms with Crippen LogP contribution in [0.1, 0.15) is 17.2 Å². The van der Waals surface area contributed by atoms with Gasteiger partial charge in [0.1, 0.15) is 5.82 Å². The Balaban J connectivity index is 2.53. The summed E-state index contributed by atoms with van der Waals surface area (Å²) < 4.78 is 39.7. The summed E-state index contributed by atoms with van der Waals surface area (Å²) in [5.41, 5.74) is 11.4. The number of nitrogens with two attached hydrogens (primary N) is 2. The molecule has 0 fully saturated rings. The summed E-state index contributed by atoms with van der Waals surface area (Å²) in [6.45, 7) is 0. The van der Waals surface area contributed by atoms with Crippen molar-refractivity contribution in [2.75, 3.05) is 5.73 Å². The second-order valence-corrected chi connectivity index (χ2v) is 4.31. The van der Waals surface area contributed by atoms with Crippen LogP contribution < -0.4 is 11.5 Å². The minimum Gasteiger partial charge on any atom is -0.383 e. The topological polar surface area (TPSA) is 64.9 Å². The van der Waals surface area contributed by atoms with Crippen LogP contribution in [0.2, 0.25) is 5.02 Å². The van der Waals surface area contributed by atoms with Crippen LogP contribution in [-0.2, 0) is 0 Å². The zero-order valence-corrected chi connectivity index (χ0v) is 10.3. The molecule has 100 valence electrons. The van der Waals surface area contributed by atoms with Crippen molar-refractivity contribution in [1.82, 2.24) is 4.98 Å². The lowest BCUT2D eigenvalue weighted by Gasteiger charge is -2.15. The fourth-order valence-corrected chi connectivity index (χ4v) is 1.83. The summed E-state index contributed by atoms with van der Waals surface area (Å²) in [6.07, 6.45) is 1.30. The largest absolute Gasteiger partial charge is 0.383 e. The molecule has 1 atom stereocenters. The molecule has 2 aromatic rings. The van der Waals surface area contributed by atoms with E-state index in [0.29, 0.717) is 0 Å². The van der Waals surface area contributed by atoms with Gasteiger partial charge in [0.05, 0.1) is 11.1 Å². The monoisotopic (exact) mass is 287 g/mol. The number of rotatable bonds is 2. The molecule has 1 aromatic carbocycles. The maximum Gasteiger partial charge on any atom is 0.194 e. The first-order chi connectivity index (χ1) is 8.91. The molecule has 0 saturated carbocycles. The van der Waals surface area contributed by atoms with Crippen molar-refractivity contribution in [3.8, 4) is 0 Å². The van der Waals surface area contributed by atoms with E-state index in [1.807, 2.05) is 0 Å². The molecule has 0 bridgehead atoms. The SMILES string of the molecule is Nc1ncc(Cl)cc1C(N)c1ccc(F)c(F)c1F. The Morgan fingerprint density at radius 3 is 2.47 bits per heavy atom. The molecule has 0 spiro atoms. The first-order valence-electron chi connectivity index (χ1n) is 5.21. The molecule has 1 heterocycles. The number of nitrogen functional groups attached to an aromatic ring is 1. The van der Waals surface area contributed by atoms with Crippen LogP contribution in [0.15, 0.2) is 24.4 Å². The molecule has 4 N–H and O–H groups in total. The first-order valence-corrected chi connectivity index (χ1v) is 5.59. The molecular formula is C12H9ClF3N3. The molecule has 7 heteroatoms. The number of benzene rings is 1. The molecule has 1 unspecified atom stereocenters. The number of halogens is 4. The molecule has 0 saturated heterocycles. The smallest absolute Gasteiger partial charge is 0.194 e. The van der Waals surface area contributed by atoms with E-state index in [1.54, 1.807) is 0 Å². The Morgan fingerprint density at radius 2 is 1.79 bits per heavy atom. The second kappa shape index (κ2) is 5.07. The zero-order valence-electron chi connectivity index (χ0n) is 9.50. The number of hydrogen-bond donors (Lipinski definition) is 2. The van der Waals surface area contributed by atoms with Crippen molar-refractivity contribution in [3.63, 3.8) is 0 Å². The Morgan fingerprint density at radius 1 is 1.11 bits per heavy atom. The zero-order chi connectivity index (χ0) is 14.2. The van der Waals surface area contributed by atoms with Gasteiger partial charge in [-0.25, -0.2) is 18.2 Å². The lowest BCUT2D eigenvalue weighted by atomic mass is 9.99. The van der Waals surface area contributed by atoms with E-state index in [1.165, 1.54) is 12.3 Å². The van der Waals surface area contributed by atoms with Gasteiger partial charge in [-0.1, -0.05) is 17.7 Å². The third-order valence-electron chi connectivity index (χ3n) is 2.65. The fourth-order valence-electron chi connectivity index (χ4n) is 1.66. The van der Waals surface area contributed by atoms with Crippen LogP contribution in [0.25, 0.3) is 0 Å². The molecule has 1 aromatic heterocycles. The maximum absolute atomic E-state index is 13.6. The third-order valence-corrected chi connectivity index (χ3v) is 2.86. The lowest BCUT2D eigenvalue weighted by molar-refractivity contribution is 0.438. The van der Waals surface area contributed by atoms with E-state index in [-0.39, 0.29) is 22.0 Å². The van der Waals surface area contributed by atoms with Gasteiger partial charge in [-0.15, -0.1) is 0 Å². The minimum absolute atomic E-state index is 0.0426. The highest BCUT2D eigenvalue weighted by Crippen LogP contribution is 2.28. The van der Waals surface area contributed by atoms with Gasteiger partial charge in [0.15, 0.2) is 17.5 Å². The predicted molar refractivity (Wildman–Crippen MR) is 66.0 cm³/mol. The van der Waals surface area contributed by atoms with Gasteiger partial charge in [-0.2, -0.15) is 0 Å². The number of aromatic nitrogens is 1. The highest BCUT2D eigenvalue weighted by molar-refractivity contribution is 6.30. The van der Waals surface area contributed by atoms with E-state index in [0.717, 1.165) is 12.1 Å². The van der Waals surface area contributed by atoms with E-state index in [4.69, 9.17) is 23.1 Å². The van der Waals surface area contributed by atoms with Crippen LogP contribution in [-0.4, -0.2) is 4.98 Å². The maximum atomic E-state index is 13.6. The van der Waals surface area contributed by atoms with Crippen LogP contribution in [0.5, 0.6) is 0 Å². The highest BCUT2D eigenvalue weighted by atomic mass is 35.5. The van der Waals surface area contributed by atoms with E-state index < -0.39 is 23.5 Å². The standard InChI is InChI=1S/C12H9ClF3N3/c13-5-3-7(12(18)19-4-5)11(17)6-1-2-8(14)10(16)9(6)15/h1-4,11H,17H2,(H2,18,19). The average Bonchev–Trinajstić information content (AvgIpc) is 2.38. The normalized spacial score (nSPS) is 12.5. The molecule has 0 amide bonds. The molecule has 2 rings (SSSR count). The summed E-state index contributed by atoms with van der Waals surface area (Å²) >= 11 is 5.74. The summed E-state index contributed by atoms with van der Waals surface area (Å²) in [7, 11) is 0. The average molecular weight is 288 g/mol. The molecule has 0 aliphatic carbocycles. The summed E-state index contributed by atoms with van der Waals surface area (Å²) in [5, 5.41) is 0.252. The predicted octanol–water partition coefficient (Wildman–Crippen LogP) is 2.78. The molecule has 0 aliphatic heterocycles. The fraction of sp³-hybridized carbons (Fsp3) is 0.0833. The number of pyridine rings is 1. The minimum atomic E-state index is -1.58. The quantitative estimate of drug-likeness (QED) is 0.835. The number of nitrogens with zero attached hydrogens (tertiary/aromatic N) is 1. The van der Waals surface area contributed by atoms with Crippen molar-refractivity contribution in [2.45, 2.75) is 6.04 Å². The van der Waals surface area contributed by atoms with Gasteiger partial charge >= 0.3 is 0 Å². The first kappa shape index (κ1) is 13.6. The van der Waals surface area contributed by atoms with E-state index in [9.17, 15) is 13.2 Å². The van der Waals surface area contributed by atoms with Crippen molar-refractivity contribution in [2.24, 2.45) is 5.73 Å². The van der Waals surface area contributed by atoms with E-state index >= 15 is 0 Å². The highest BCUT2D eigenvalue weighted by Gasteiger charge is 2.21. The molecule has 3 nitrogen and oxygen atoms in total. The van der Waals surface area contributed by atoms with Crippen molar-refractivity contribution >= 4 is 17.4 Å². The van der Waals surface area contributed by atoms with Crippen molar-refractivity contribution in [1.29, 1.82) is 0 Å². The van der Waals surface area contributed by atoms with E-state index in [2.05, 4.69) is 4.98 Å².